The summed E-state index contributed by atoms with van der Waals surface area (Å²) in [5.41, 5.74) is 0.756. The van der Waals surface area contributed by atoms with Crippen LogP contribution in [0.3, 0.4) is 0 Å². The van der Waals surface area contributed by atoms with Gasteiger partial charge in [-0.25, -0.2) is 0 Å². The average molecular weight is 239 g/mol. The number of anilines is 1. The second-order valence-corrected chi connectivity index (χ2v) is 4.76. The lowest BCUT2D eigenvalue weighted by Crippen LogP contribution is -2.29. The number of thiophene rings is 1. The maximum absolute atomic E-state index is 11.9. The van der Waals surface area contributed by atoms with E-state index in [-0.39, 0.29) is 11.8 Å². The predicted molar refractivity (Wildman–Crippen MR) is 61.4 cm³/mol. The number of hydrogen-bond donors (Lipinski definition) is 2. The van der Waals surface area contributed by atoms with Gasteiger partial charge in [0.25, 0.3) is 0 Å². The fourth-order valence-electron chi connectivity index (χ4n) is 2.14. The van der Waals surface area contributed by atoms with Crippen molar-refractivity contribution in [3.8, 4) is 0 Å². The molecule has 1 aromatic rings. The standard InChI is InChI=1S/C11H13NO3S/c13-10(12-7-4-5-16-6-7)8-2-1-3-9(8)11(14)15/h4-6,8-9H,1-3H2,(H,12,13)(H,14,15). The van der Waals surface area contributed by atoms with Crippen molar-refractivity contribution in [3.05, 3.63) is 16.8 Å². The Morgan fingerprint density at radius 2 is 2.12 bits per heavy atom. The monoisotopic (exact) mass is 239 g/mol. The number of aliphatic carboxylic acids is 1. The zero-order valence-corrected chi connectivity index (χ0v) is 9.50. The molecule has 0 aliphatic heterocycles. The Bertz CT molecular complexity index is 388. The molecule has 2 unspecified atom stereocenters. The van der Waals surface area contributed by atoms with E-state index < -0.39 is 11.9 Å². The van der Waals surface area contributed by atoms with Crippen molar-refractivity contribution in [1.82, 2.24) is 0 Å². The minimum atomic E-state index is -0.858. The second kappa shape index (κ2) is 4.65. The van der Waals surface area contributed by atoms with E-state index in [1.165, 1.54) is 11.3 Å². The highest BCUT2D eigenvalue weighted by Gasteiger charge is 2.37. The van der Waals surface area contributed by atoms with E-state index >= 15 is 0 Å². The van der Waals surface area contributed by atoms with Crippen LogP contribution in [0.1, 0.15) is 19.3 Å². The minimum Gasteiger partial charge on any atom is -0.481 e. The molecule has 86 valence electrons. The van der Waals surface area contributed by atoms with Crippen LogP contribution in [0.25, 0.3) is 0 Å². The van der Waals surface area contributed by atoms with Gasteiger partial charge in [-0.2, -0.15) is 11.3 Å². The Morgan fingerprint density at radius 1 is 1.38 bits per heavy atom. The number of carboxylic acids is 1. The van der Waals surface area contributed by atoms with Crippen LogP contribution in [0.15, 0.2) is 16.8 Å². The summed E-state index contributed by atoms with van der Waals surface area (Å²) in [7, 11) is 0. The van der Waals surface area contributed by atoms with Gasteiger partial charge in [-0.3, -0.25) is 9.59 Å². The summed E-state index contributed by atoms with van der Waals surface area (Å²) in [6.07, 6.45) is 2.10. The van der Waals surface area contributed by atoms with Gasteiger partial charge in [-0.05, 0) is 24.3 Å². The van der Waals surface area contributed by atoms with Gasteiger partial charge in [0.2, 0.25) is 5.91 Å². The van der Waals surface area contributed by atoms with Crippen LogP contribution < -0.4 is 5.32 Å². The third-order valence-corrected chi connectivity index (χ3v) is 3.64. The molecule has 1 aliphatic rings. The average Bonchev–Trinajstić information content (AvgIpc) is 2.86. The SMILES string of the molecule is O=C(O)C1CCCC1C(=O)Nc1ccsc1. The molecule has 0 bridgehead atoms. The molecule has 1 aliphatic carbocycles. The molecule has 5 heteroatoms. The topological polar surface area (TPSA) is 66.4 Å². The van der Waals surface area contributed by atoms with E-state index in [0.29, 0.717) is 12.8 Å². The zero-order chi connectivity index (χ0) is 11.5. The van der Waals surface area contributed by atoms with E-state index in [1.807, 2.05) is 16.8 Å². The highest BCUT2D eigenvalue weighted by molar-refractivity contribution is 7.08. The number of carbonyl (C=O) groups is 2. The molecule has 0 saturated heterocycles. The molecule has 0 aromatic carbocycles. The fraction of sp³-hybridized carbons (Fsp3) is 0.455. The van der Waals surface area contributed by atoms with Crippen LogP contribution in [-0.2, 0) is 9.59 Å². The number of carboxylic acid groups (broad SMARTS) is 1. The Hall–Kier alpha value is -1.36. The van der Waals surface area contributed by atoms with Gasteiger partial charge in [0.15, 0.2) is 0 Å². The summed E-state index contributed by atoms with van der Waals surface area (Å²) in [4.78, 5) is 22.8. The molecule has 0 spiro atoms. The quantitative estimate of drug-likeness (QED) is 0.849. The Balaban J connectivity index is 2.01. The molecule has 1 amide bonds. The lowest BCUT2D eigenvalue weighted by Gasteiger charge is -2.14. The van der Waals surface area contributed by atoms with Crippen LogP contribution in [0.2, 0.25) is 0 Å². The first-order chi connectivity index (χ1) is 7.68. The lowest BCUT2D eigenvalue weighted by molar-refractivity contribution is -0.145. The maximum Gasteiger partial charge on any atom is 0.307 e. The van der Waals surface area contributed by atoms with Gasteiger partial charge >= 0.3 is 5.97 Å². The Labute approximate surface area is 97.3 Å². The summed E-state index contributed by atoms with van der Waals surface area (Å²) in [6.45, 7) is 0. The Morgan fingerprint density at radius 3 is 2.75 bits per heavy atom. The fourth-order valence-corrected chi connectivity index (χ4v) is 2.73. The van der Waals surface area contributed by atoms with E-state index in [4.69, 9.17) is 5.11 Å². The van der Waals surface area contributed by atoms with Crippen molar-refractivity contribution in [1.29, 1.82) is 0 Å². The first-order valence-electron chi connectivity index (χ1n) is 5.24. The van der Waals surface area contributed by atoms with Crippen molar-refractivity contribution in [3.63, 3.8) is 0 Å². The van der Waals surface area contributed by atoms with Crippen molar-refractivity contribution in [2.75, 3.05) is 5.32 Å². The minimum absolute atomic E-state index is 0.164. The third kappa shape index (κ3) is 2.24. The zero-order valence-electron chi connectivity index (χ0n) is 8.68. The van der Waals surface area contributed by atoms with Crippen LogP contribution in [0.5, 0.6) is 0 Å². The van der Waals surface area contributed by atoms with Crippen LogP contribution in [0.4, 0.5) is 5.69 Å². The second-order valence-electron chi connectivity index (χ2n) is 3.98. The normalized spacial score (nSPS) is 24.2. The number of rotatable bonds is 3. The van der Waals surface area contributed by atoms with Gasteiger partial charge in [0.05, 0.1) is 17.5 Å². The van der Waals surface area contributed by atoms with Crippen molar-refractivity contribution >= 4 is 28.9 Å². The smallest absolute Gasteiger partial charge is 0.307 e. The molecule has 1 heterocycles. The maximum atomic E-state index is 11.9. The molecule has 1 aromatic heterocycles. The summed E-state index contributed by atoms with van der Waals surface area (Å²) >= 11 is 1.50. The molecular formula is C11H13NO3S. The van der Waals surface area contributed by atoms with Gasteiger partial charge in [-0.15, -0.1) is 0 Å². The molecule has 16 heavy (non-hydrogen) atoms. The third-order valence-electron chi connectivity index (χ3n) is 2.96. The molecule has 4 nitrogen and oxygen atoms in total. The largest absolute Gasteiger partial charge is 0.481 e. The predicted octanol–water partition coefficient (Wildman–Crippen LogP) is 2.19. The Kier molecular flexibility index (Phi) is 3.24. The van der Waals surface area contributed by atoms with Crippen molar-refractivity contribution < 1.29 is 14.7 Å². The van der Waals surface area contributed by atoms with Gasteiger partial charge in [0.1, 0.15) is 0 Å². The molecule has 1 fully saturated rings. The van der Waals surface area contributed by atoms with Gasteiger partial charge < -0.3 is 10.4 Å². The van der Waals surface area contributed by atoms with E-state index in [9.17, 15) is 9.59 Å². The summed E-state index contributed by atoms with van der Waals surface area (Å²) in [6, 6.07) is 1.81. The number of amides is 1. The summed E-state index contributed by atoms with van der Waals surface area (Å²) in [5, 5.41) is 15.4. The van der Waals surface area contributed by atoms with Gasteiger partial charge in [0, 0.05) is 5.38 Å². The van der Waals surface area contributed by atoms with Crippen LogP contribution in [0, 0.1) is 11.8 Å². The van der Waals surface area contributed by atoms with Crippen LogP contribution in [-0.4, -0.2) is 17.0 Å². The first kappa shape index (κ1) is 11.1. The highest BCUT2D eigenvalue weighted by atomic mass is 32.1. The van der Waals surface area contributed by atoms with E-state index in [2.05, 4.69) is 5.32 Å². The molecule has 0 radical (unpaired) electrons. The van der Waals surface area contributed by atoms with E-state index in [1.54, 1.807) is 0 Å². The number of hydrogen-bond acceptors (Lipinski definition) is 3. The van der Waals surface area contributed by atoms with Crippen molar-refractivity contribution in [2.24, 2.45) is 11.8 Å². The summed E-state index contributed by atoms with van der Waals surface area (Å²) < 4.78 is 0. The molecular weight excluding hydrogens is 226 g/mol. The number of nitrogens with one attached hydrogen (secondary N) is 1. The lowest BCUT2D eigenvalue weighted by atomic mass is 9.95. The number of carbonyl (C=O) groups excluding carboxylic acids is 1. The van der Waals surface area contributed by atoms with Gasteiger partial charge in [-0.1, -0.05) is 6.42 Å². The summed E-state index contributed by atoms with van der Waals surface area (Å²) in [5.74, 6) is -1.91. The molecule has 2 N–H and O–H groups in total. The molecule has 1 saturated carbocycles. The van der Waals surface area contributed by atoms with Crippen molar-refractivity contribution in [2.45, 2.75) is 19.3 Å². The highest BCUT2D eigenvalue weighted by Crippen LogP contribution is 2.32. The molecule has 2 atom stereocenters. The van der Waals surface area contributed by atoms with Crippen LogP contribution >= 0.6 is 11.3 Å². The molecule has 2 rings (SSSR count). The van der Waals surface area contributed by atoms with E-state index in [0.717, 1.165) is 12.1 Å². The first-order valence-corrected chi connectivity index (χ1v) is 6.18.